The highest BCUT2D eigenvalue weighted by Gasteiger charge is 2.29. The highest BCUT2D eigenvalue weighted by atomic mass is 32.4. The van der Waals surface area contributed by atoms with Gasteiger partial charge in [-0.1, -0.05) is 67.3 Å². The minimum atomic E-state index is -0.607. The number of carbonyl (C=O) groups is 8. The topological polar surface area (TPSA) is 222 Å². The number of imide groups is 1. The number of ether oxygens (including phenoxy) is 5. The van der Waals surface area contributed by atoms with E-state index in [1.165, 1.54) is 34.4 Å². The van der Waals surface area contributed by atoms with Gasteiger partial charge in [0.1, 0.15) is 24.4 Å². The molecule has 378 valence electrons. The normalized spacial score (nSPS) is 13.3. The molecule has 0 aromatic heterocycles. The molecule has 1 heterocycles. The van der Waals surface area contributed by atoms with Crippen LogP contribution in [0, 0.1) is 0 Å². The maximum atomic E-state index is 12.1. The molecule has 0 spiro atoms. The van der Waals surface area contributed by atoms with E-state index in [0.29, 0.717) is 52.4 Å². The highest BCUT2D eigenvalue weighted by Crippen LogP contribution is 2.44. The van der Waals surface area contributed by atoms with Gasteiger partial charge in [0.2, 0.25) is 17.3 Å². The van der Waals surface area contributed by atoms with Crippen LogP contribution in [0.25, 0.3) is 11.1 Å². The average Bonchev–Trinajstić information content (AvgIpc) is 3.79. The molecule has 1 aliphatic carbocycles. The van der Waals surface area contributed by atoms with Crippen LogP contribution < -0.4 is 16.0 Å². The van der Waals surface area contributed by atoms with Crippen LogP contribution in [-0.2, 0) is 85.7 Å². The number of amides is 4. The molecule has 1 atom stereocenters. The van der Waals surface area contributed by atoms with Crippen LogP contribution in [0.5, 0.6) is 0 Å². The van der Waals surface area contributed by atoms with Crippen molar-refractivity contribution in [2.45, 2.75) is 104 Å². The summed E-state index contributed by atoms with van der Waals surface area (Å²) in [6.45, 7) is 14.2. The summed E-state index contributed by atoms with van der Waals surface area (Å²) in [7, 11) is 0.837. The van der Waals surface area contributed by atoms with Crippen LogP contribution in [0.2, 0.25) is 0 Å². The number of nitrogens with zero attached hydrogens (tertiary/aromatic N) is 1. The van der Waals surface area contributed by atoms with Crippen LogP contribution in [0.3, 0.4) is 0 Å². The second-order valence-corrected chi connectivity index (χ2v) is 19.9. The molecule has 1 aliphatic heterocycles. The monoisotopic (exact) mass is 1030 g/mol. The maximum Gasteiger partial charge on any atom is 0.320 e. The second-order valence-electron chi connectivity index (χ2n) is 17.4. The minimum Gasteiger partial charge on any atom is -0.465 e. The first-order valence-corrected chi connectivity index (χ1v) is 26.6. The summed E-state index contributed by atoms with van der Waals surface area (Å²) in [5, 5.41) is 8.27. The molecule has 2 aromatic carbocycles. The van der Waals surface area contributed by atoms with Crippen LogP contribution in [-0.4, -0.2) is 135 Å². The minimum absolute atomic E-state index is 0.00923. The lowest BCUT2D eigenvalue weighted by atomic mass is 9.98. The number of nitrogens with one attached hydrogen (secondary N) is 3. The fourth-order valence-electron chi connectivity index (χ4n) is 6.46. The summed E-state index contributed by atoms with van der Waals surface area (Å²) in [4.78, 5) is 93.6. The molecule has 0 bridgehead atoms. The van der Waals surface area contributed by atoms with Gasteiger partial charge in [0.25, 0.3) is 11.8 Å². The first kappa shape index (κ1) is 60.4. The van der Waals surface area contributed by atoms with E-state index >= 15 is 0 Å². The number of fused-ring (bicyclic) bond motifs is 3. The molecule has 0 saturated carbocycles. The summed E-state index contributed by atoms with van der Waals surface area (Å²) in [5.74, 6) is -2.07. The van der Waals surface area contributed by atoms with Crippen molar-refractivity contribution in [3.63, 3.8) is 0 Å². The quantitative estimate of drug-likeness (QED) is 0.0350. The largest absolute Gasteiger partial charge is 0.465 e. The molecular weight excluding hydrogens is 967 g/mol. The fraction of sp³-hybridized carbons (Fsp3) is 0.542. The Bertz CT molecular complexity index is 2050. The van der Waals surface area contributed by atoms with E-state index in [2.05, 4.69) is 64.2 Å². The van der Waals surface area contributed by atoms with Crippen molar-refractivity contribution in [1.82, 2.24) is 20.9 Å². The highest BCUT2D eigenvalue weighted by molar-refractivity contribution is 8.03. The lowest BCUT2D eigenvalue weighted by molar-refractivity contribution is -0.154. The zero-order chi connectivity index (χ0) is 51.4. The van der Waals surface area contributed by atoms with Crippen molar-refractivity contribution in [1.29, 1.82) is 0 Å². The van der Waals surface area contributed by atoms with Gasteiger partial charge in [-0.3, -0.25) is 48.6 Å². The molecule has 0 fully saturated rings. The zero-order valence-electron chi connectivity index (χ0n) is 40.5. The Hall–Kier alpha value is -4.74. The second kappa shape index (κ2) is 32.2. The Morgan fingerprint density at radius 2 is 1.29 bits per heavy atom. The van der Waals surface area contributed by atoms with E-state index in [9.17, 15) is 38.4 Å². The zero-order valence-corrected chi connectivity index (χ0v) is 43.9. The van der Waals surface area contributed by atoms with Crippen molar-refractivity contribution >= 4 is 85.4 Å². The third kappa shape index (κ3) is 25.1. The summed E-state index contributed by atoms with van der Waals surface area (Å²) < 4.78 is 26.1. The van der Waals surface area contributed by atoms with Gasteiger partial charge in [0, 0.05) is 50.5 Å². The van der Waals surface area contributed by atoms with Crippen LogP contribution in [0.1, 0.15) is 97.6 Å². The lowest BCUT2D eigenvalue weighted by Gasteiger charge is -2.21. The maximum absolute atomic E-state index is 12.1. The molecule has 2 aliphatic rings. The van der Waals surface area contributed by atoms with E-state index in [4.69, 9.17) is 35.5 Å². The average molecular weight is 1030 g/mol. The molecule has 0 radical (unpaired) electrons. The van der Waals surface area contributed by atoms with E-state index in [1.54, 1.807) is 20.8 Å². The van der Waals surface area contributed by atoms with Crippen LogP contribution in [0.4, 0.5) is 0 Å². The molecule has 0 unspecified atom stereocenters. The predicted molar refractivity (Wildman–Crippen MR) is 269 cm³/mol. The van der Waals surface area contributed by atoms with Gasteiger partial charge in [0.05, 0.1) is 45.9 Å². The molecule has 3 N–H and O–H groups in total. The Kier molecular flexibility index (Phi) is 28.2. The predicted octanol–water partition coefficient (Wildman–Crippen LogP) is 5.46. The standard InChI is InChI=1S/C25H39N4O9PS.C17H16O2.C6H11O2PS/c1-25(2,3)38-23(34)16-28-18(24(35)39-40)6-4-5-10-26-20(31)17-37-15-14-36-13-11-27-19(30)9-12-29-21(32)7-8-22(29)33;1-2-17(18)19-11-16-14-9-5-3-7-12(14)13-8-4-6-10-15(13)16;1-6(2,3)8-5(7)4-9-10/h7-8,18,28H,4-6,9-17H2,1-3H3,(H,26,31)(H,27,30);3-10,16H,2,11H2,1H3;4H2,1-3H3/t18-;;/m0../s1. The van der Waals surface area contributed by atoms with Crippen LogP contribution >= 0.6 is 14.7 Å². The number of unbranched alkanes of at least 4 members (excludes halogenated alkanes) is 1. The van der Waals surface area contributed by atoms with Crippen LogP contribution in [0.15, 0.2) is 60.7 Å². The van der Waals surface area contributed by atoms with Gasteiger partial charge in [-0.25, -0.2) is 0 Å². The van der Waals surface area contributed by atoms with Gasteiger partial charge in [-0.05, 0) is 102 Å². The van der Waals surface area contributed by atoms with Gasteiger partial charge < -0.3 is 34.3 Å². The third-order valence-electron chi connectivity index (χ3n) is 9.46. The first-order chi connectivity index (χ1) is 32.7. The number of esters is 3. The number of carbonyl (C=O) groups excluding carboxylic acids is 8. The number of rotatable bonds is 26. The lowest BCUT2D eigenvalue weighted by Crippen LogP contribution is -2.40. The van der Waals surface area contributed by atoms with Crippen molar-refractivity contribution in [2.24, 2.45) is 0 Å². The fourth-order valence-corrected chi connectivity index (χ4v) is 7.67. The number of benzene rings is 2. The smallest absolute Gasteiger partial charge is 0.320 e. The van der Waals surface area contributed by atoms with Crippen molar-refractivity contribution in [3.8, 4) is 11.1 Å². The molecule has 4 amide bonds. The molecule has 0 saturated heterocycles. The molecular formula is C48H66N4O13P2S2. The summed E-state index contributed by atoms with van der Waals surface area (Å²) in [5.41, 5.74) is 3.86. The van der Waals surface area contributed by atoms with E-state index in [1.807, 2.05) is 39.8 Å². The van der Waals surface area contributed by atoms with E-state index in [0.717, 1.165) is 4.90 Å². The SMILES string of the molecule is CC(C)(C)OC(=O)CN[C@@H](CCCCNC(=O)COCCOCCNC(=O)CCN1C(=O)C=CC1=O)C(=O)P=S.CC(C)(C)OC(=O)CP=S.CCC(=O)OCC1c2ccccc2-c2ccccc21. The van der Waals surface area contributed by atoms with Crippen molar-refractivity contribution in [2.75, 3.05) is 65.4 Å². The van der Waals surface area contributed by atoms with Gasteiger partial charge >= 0.3 is 17.9 Å². The van der Waals surface area contributed by atoms with Crippen molar-refractivity contribution < 1.29 is 62.0 Å². The number of hydrogen-bond acceptors (Lipinski definition) is 16. The Morgan fingerprint density at radius 3 is 1.86 bits per heavy atom. The Labute approximate surface area is 418 Å². The summed E-state index contributed by atoms with van der Waals surface area (Å²) >= 11 is 9.41. The first-order valence-electron chi connectivity index (χ1n) is 22.6. The Balaban J connectivity index is 0.000000455. The summed E-state index contributed by atoms with van der Waals surface area (Å²) in [6.07, 6.45) is 4.83. The molecule has 2 aromatic rings. The number of hydrogen-bond donors (Lipinski definition) is 3. The van der Waals surface area contributed by atoms with E-state index < -0.39 is 29.4 Å². The molecule has 4 rings (SSSR count). The third-order valence-corrected chi connectivity index (χ3v) is 11.3. The van der Waals surface area contributed by atoms with Gasteiger partial charge in [-0.15, -0.1) is 0 Å². The Morgan fingerprint density at radius 1 is 0.725 bits per heavy atom. The summed E-state index contributed by atoms with van der Waals surface area (Å²) in [6, 6.07) is 16.2. The van der Waals surface area contributed by atoms with E-state index in [-0.39, 0.29) is 101 Å². The van der Waals surface area contributed by atoms with Gasteiger partial charge in [-0.2, -0.15) is 0 Å². The molecule has 21 heteroatoms. The van der Waals surface area contributed by atoms with Gasteiger partial charge in [0.15, 0.2) is 0 Å². The molecule has 17 nitrogen and oxygen atoms in total. The van der Waals surface area contributed by atoms with Crippen molar-refractivity contribution in [3.05, 3.63) is 71.8 Å². The molecule has 69 heavy (non-hydrogen) atoms.